The second kappa shape index (κ2) is 18.9. The minimum atomic E-state index is -0.876. The second-order valence-corrected chi connectivity index (χ2v) is 13.1. The number of likely N-dealkylation sites (tertiary alicyclic amines) is 1. The van der Waals surface area contributed by atoms with Gasteiger partial charge in [0.25, 0.3) is 0 Å². The standard InChI is InChI=1S/C35H58N4O8/c1-11-22(4)30(38(7)34(43)29(21(2)3)37-35(44)47-10)27(45-8)20-28(40)39-19-15-18-26(39)32(46-9)23(5)33(42)36-24(6)31(41)25-16-13-12-14-17-25/h12-14,16-17,21-24,26-27,29-32,41H,11,15,18-20H2,1-10H3,(H,36,42)(H,37,44)/t22-,23+,24+,26-,27+,29-,30-,31+,32+/m0/s1. The molecule has 1 fully saturated rings. The van der Waals surface area contributed by atoms with Crippen LogP contribution in [0.2, 0.25) is 0 Å². The van der Waals surface area contributed by atoms with Crippen LogP contribution in [0, 0.1) is 17.8 Å². The van der Waals surface area contributed by atoms with Gasteiger partial charge in [-0.2, -0.15) is 0 Å². The maximum absolute atomic E-state index is 14.0. The van der Waals surface area contributed by atoms with Crippen molar-refractivity contribution in [2.45, 2.75) is 110 Å². The van der Waals surface area contributed by atoms with E-state index in [1.54, 1.807) is 37.8 Å². The van der Waals surface area contributed by atoms with Crippen LogP contribution in [0.5, 0.6) is 0 Å². The van der Waals surface area contributed by atoms with E-state index >= 15 is 0 Å². The SMILES string of the molecule is CC[C@H](C)[C@@H]([C@@H](CC(=O)N1CCC[C@H]1[C@H](OC)[C@@H](C)C(=O)N[C@H](C)[C@@H](O)c1ccccc1)OC)N(C)C(=O)[C@@H](NC(=O)OC)C(C)C. The number of ether oxygens (including phenoxy) is 3. The summed E-state index contributed by atoms with van der Waals surface area (Å²) in [6.07, 6.45) is -0.586. The Morgan fingerprint density at radius 1 is 1.00 bits per heavy atom. The van der Waals surface area contributed by atoms with Crippen molar-refractivity contribution >= 4 is 23.8 Å². The number of nitrogens with zero attached hydrogens (tertiary/aromatic N) is 2. The Kier molecular flexibility index (Phi) is 16.1. The molecule has 0 aromatic heterocycles. The molecule has 1 saturated heterocycles. The van der Waals surface area contributed by atoms with Crippen molar-refractivity contribution in [3.8, 4) is 0 Å². The number of aliphatic hydroxyl groups is 1. The Hall–Kier alpha value is -3.22. The summed E-state index contributed by atoms with van der Waals surface area (Å²) >= 11 is 0. The van der Waals surface area contributed by atoms with E-state index in [1.807, 2.05) is 58.0 Å². The molecule has 4 amide bonds. The Bertz CT molecular complexity index is 1150. The second-order valence-electron chi connectivity index (χ2n) is 13.1. The van der Waals surface area contributed by atoms with Crippen LogP contribution in [0.1, 0.15) is 78.9 Å². The summed E-state index contributed by atoms with van der Waals surface area (Å²) in [5, 5.41) is 16.3. The van der Waals surface area contributed by atoms with Crippen LogP contribution in [0.3, 0.4) is 0 Å². The number of nitrogens with one attached hydrogen (secondary N) is 2. The highest BCUT2D eigenvalue weighted by Crippen LogP contribution is 2.30. The zero-order chi connectivity index (χ0) is 35.4. The van der Waals surface area contributed by atoms with Gasteiger partial charge in [0, 0.05) is 27.8 Å². The smallest absolute Gasteiger partial charge is 0.407 e. The molecule has 0 aliphatic carbocycles. The number of likely N-dealkylation sites (N-methyl/N-ethyl adjacent to an activating group) is 1. The van der Waals surface area contributed by atoms with Crippen molar-refractivity contribution < 1.29 is 38.5 Å². The first-order valence-corrected chi connectivity index (χ1v) is 16.7. The lowest BCUT2D eigenvalue weighted by molar-refractivity contribution is -0.147. The fourth-order valence-electron chi connectivity index (χ4n) is 6.60. The monoisotopic (exact) mass is 662 g/mol. The van der Waals surface area contributed by atoms with Gasteiger partial charge in [-0.25, -0.2) is 4.79 Å². The maximum atomic E-state index is 14.0. The third kappa shape index (κ3) is 10.4. The number of alkyl carbamates (subject to hydrolysis) is 1. The number of amides is 4. The Labute approximate surface area is 280 Å². The molecule has 1 aliphatic rings. The molecule has 3 N–H and O–H groups in total. The van der Waals surface area contributed by atoms with Gasteiger partial charge in [0.05, 0.1) is 55.9 Å². The van der Waals surface area contributed by atoms with Crippen molar-refractivity contribution in [3.05, 3.63) is 35.9 Å². The van der Waals surface area contributed by atoms with Crippen molar-refractivity contribution in [2.24, 2.45) is 17.8 Å². The molecule has 12 heteroatoms. The lowest BCUT2D eigenvalue weighted by atomic mass is 9.89. The van der Waals surface area contributed by atoms with E-state index in [9.17, 15) is 24.3 Å². The first-order valence-electron chi connectivity index (χ1n) is 16.7. The molecule has 47 heavy (non-hydrogen) atoms. The highest BCUT2D eigenvalue weighted by atomic mass is 16.5. The molecule has 266 valence electrons. The van der Waals surface area contributed by atoms with E-state index in [-0.39, 0.29) is 42.0 Å². The molecule has 2 rings (SSSR count). The number of hydrogen-bond acceptors (Lipinski definition) is 8. The quantitative estimate of drug-likeness (QED) is 0.230. The third-order valence-corrected chi connectivity index (χ3v) is 9.63. The molecular formula is C35H58N4O8. The molecule has 1 aromatic carbocycles. The number of rotatable bonds is 17. The number of carbonyl (C=O) groups excluding carboxylic acids is 4. The van der Waals surface area contributed by atoms with E-state index in [0.717, 1.165) is 12.8 Å². The molecule has 0 saturated carbocycles. The minimum absolute atomic E-state index is 0.0215. The average Bonchev–Trinajstić information content (AvgIpc) is 3.55. The third-order valence-electron chi connectivity index (χ3n) is 9.63. The van der Waals surface area contributed by atoms with Crippen LogP contribution in [0.15, 0.2) is 30.3 Å². The summed E-state index contributed by atoms with van der Waals surface area (Å²) in [7, 11) is 6.01. The first-order chi connectivity index (χ1) is 22.2. The number of hydrogen-bond donors (Lipinski definition) is 3. The molecule has 0 spiro atoms. The predicted molar refractivity (Wildman–Crippen MR) is 179 cm³/mol. The van der Waals surface area contributed by atoms with E-state index < -0.39 is 48.4 Å². The Morgan fingerprint density at radius 2 is 1.64 bits per heavy atom. The topological polar surface area (TPSA) is 147 Å². The van der Waals surface area contributed by atoms with E-state index in [0.29, 0.717) is 18.5 Å². The van der Waals surface area contributed by atoms with Crippen LogP contribution in [-0.2, 0) is 28.6 Å². The molecule has 9 atom stereocenters. The number of methoxy groups -OCH3 is 3. The predicted octanol–water partition coefficient (Wildman–Crippen LogP) is 3.53. The number of carbonyl (C=O) groups is 4. The fourth-order valence-corrected chi connectivity index (χ4v) is 6.60. The van der Waals surface area contributed by atoms with Crippen molar-refractivity contribution in [1.82, 2.24) is 20.4 Å². The largest absolute Gasteiger partial charge is 0.453 e. The fraction of sp³-hybridized carbons (Fsp3) is 0.714. The van der Waals surface area contributed by atoms with Crippen LogP contribution in [0.25, 0.3) is 0 Å². The summed E-state index contributed by atoms with van der Waals surface area (Å²) in [5.74, 6) is -1.55. The molecule has 0 radical (unpaired) electrons. The van der Waals surface area contributed by atoms with Gasteiger partial charge in [-0.15, -0.1) is 0 Å². The summed E-state index contributed by atoms with van der Waals surface area (Å²) in [6, 6.07) is 7.01. The highest BCUT2D eigenvalue weighted by molar-refractivity contribution is 5.86. The zero-order valence-electron chi connectivity index (χ0n) is 29.9. The minimum Gasteiger partial charge on any atom is -0.453 e. The van der Waals surface area contributed by atoms with Crippen LogP contribution in [-0.4, -0.2) is 110 Å². The van der Waals surface area contributed by atoms with Crippen LogP contribution in [0.4, 0.5) is 4.79 Å². The lowest BCUT2D eigenvalue weighted by Crippen LogP contribution is -2.57. The molecule has 1 heterocycles. The molecule has 0 bridgehead atoms. The summed E-state index contributed by atoms with van der Waals surface area (Å²) in [6.45, 7) is 11.8. The maximum Gasteiger partial charge on any atom is 0.407 e. The molecular weight excluding hydrogens is 604 g/mol. The molecule has 1 aliphatic heterocycles. The molecule has 1 aromatic rings. The average molecular weight is 663 g/mol. The lowest BCUT2D eigenvalue weighted by Gasteiger charge is -2.40. The van der Waals surface area contributed by atoms with Crippen LogP contribution >= 0.6 is 0 Å². The number of benzene rings is 1. The summed E-state index contributed by atoms with van der Waals surface area (Å²) in [5.41, 5.74) is 0.707. The van der Waals surface area contributed by atoms with E-state index in [4.69, 9.17) is 14.2 Å². The Balaban J connectivity index is 2.21. The number of aliphatic hydroxyl groups excluding tert-OH is 1. The first kappa shape index (κ1) is 40.0. The van der Waals surface area contributed by atoms with Crippen LogP contribution < -0.4 is 10.6 Å². The zero-order valence-corrected chi connectivity index (χ0v) is 29.9. The van der Waals surface area contributed by atoms with Crippen molar-refractivity contribution in [2.75, 3.05) is 34.9 Å². The van der Waals surface area contributed by atoms with Gasteiger partial charge in [-0.1, -0.05) is 71.4 Å². The van der Waals surface area contributed by atoms with Gasteiger partial charge >= 0.3 is 6.09 Å². The van der Waals surface area contributed by atoms with Gasteiger partial charge in [0.15, 0.2) is 0 Å². The van der Waals surface area contributed by atoms with Gasteiger partial charge in [-0.3, -0.25) is 14.4 Å². The van der Waals surface area contributed by atoms with Crippen molar-refractivity contribution in [1.29, 1.82) is 0 Å². The van der Waals surface area contributed by atoms with Gasteiger partial charge in [-0.05, 0) is 37.2 Å². The summed E-state index contributed by atoms with van der Waals surface area (Å²) < 4.78 is 16.5. The van der Waals surface area contributed by atoms with Gasteiger partial charge < -0.3 is 39.8 Å². The van der Waals surface area contributed by atoms with Gasteiger partial charge in [0.1, 0.15) is 6.04 Å². The van der Waals surface area contributed by atoms with Crippen molar-refractivity contribution in [3.63, 3.8) is 0 Å². The van der Waals surface area contributed by atoms with E-state index in [1.165, 1.54) is 14.2 Å². The molecule has 0 unspecified atom stereocenters. The summed E-state index contributed by atoms with van der Waals surface area (Å²) in [4.78, 5) is 56.4. The van der Waals surface area contributed by atoms with Gasteiger partial charge in [0.2, 0.25) is 17.7 Å². The van der Waals surface area contributed by atoms with E-state index in [2.05, 4.69) is 10.6 Å². The normalized spacial score (nSPS) is 19.9. The Morgan fingerprint density at radius 3 is 2.17 bits per heavy atom. The highest BCUT2D eigenvalue weighted by Gasteiger charge is 2.43. The molecule has 12 nitrogen and oxygen atoms in total.